The molecule has 1 aromatic carbocycles. The van der Waals surface area contributed by atoms with Crippen molar-refractivity contribution in [1.29, 1.82) is 0 Å². The number of thiophene rings is 1. The molecule has 1 aliphatic rings. The number of benzene rings is 1. The number of aliphatic carboxylic acids is 1. The van der Waals surface area contributed by atoms with Gasteiger partial charge in [0.1, 0.15) is 5.75 Å². The summed E-state index contributed by atoms with van der Waals surface area (Å²) in [7, 11) is 1.67. The number of hydrogen-bond donors (Lipinski definition) is 1. The number of hydrogen-bond acceptors (Lipinski definition) is 5. The second-order valence-corrected chi connectivity index (χ2v) is 10.2. The number of aryl methyl sites for hydroxylation is 2. The molecule has 33 heavy (non-hydrogen) atoms. The topological polar surface area (TPSA) is 62.7 Å². The number of aromatic nitrogens is 1. The quantitative estimate of drug-likeness (QED) is 0.384. The molecule has 0 aliphatic carbocycles. The minimum Gasteiger partial charge on any atom is -0.497 e. The molecule has 0 spiro atoms. The number of ether oxygens (including phenoxy) is 1. The number of nitrogens with zero attached hydrogens (tertiary/aromatic N) is 2. The third-order valence-electron chi connectivity index (χ3n) is 6.79. The van der Waals surface area contributed by atoms with Gasteiger partial charge in [-0.15, -0.1) is 11.3 Å². The summed E-state index contributed by atoms with van der Waals surface area (Å²) in [5.41, 5.74) is 2.21. The van der Waals surface area contributed by atoms with Crippen molar-refractivity contribution in [1.82, 2.24) is 9.88 Å². The first kappa shape index (κ1) is 24.0. The molecule has 7 heteroatoms. The lowest BCUT2D eigenvalue weighted by Crippen LogP contribution is -2.44. The van der Waals surface area contributed by atoms with Crippen molar-refractivity contribution < 1.29 is 14.6 Å². The number of likely N-dealkylation sites (tertiary alicyclic amines) is 1. The Kier molecular flexibility index (Phi) is 8.23. The maximum Gasteiger partial charge on any atom is 0.308 e. The maximum absolute atomic E-state index is 12.0. The Morgan fingerprint density at radius 3 is 2.91 bits per heavy atom. The van der Waals surface area contributed by atoms with Crippen LogP contribution in [-0.4, -0.2) is 47.7 Å². The Bertz CT molecular complexity index is 1090. The van der Waals surface area contributed by atoms with Gasteiger partial charge in [-0.05, 0) is 98.8 Å². The minimum absolute atomic E-state index is 0.230. The van der Waals surface area contributed by atoms with Crippen molar-refractivity contribution in [2.75, 3.05) is 26.7 Å². The predicted octanol–water partition coefficient (Wildman–Crippen LogP) is 5.94. The molecular formula is C26H31ClN2O3S. The van der Waals surface area contributed by atoms with E-state index in [1.807, 2.05) is 35.8 Å². The fourth-order valence-corrected chi connectivity index (χ4v) is 6.12. The Labute approximate surface area is 204 Å². The van der Waals surface area contributed by atoms with Crippen molar-refractivity contribution in [2.24, 2.45) is 11.8 Å². The smallest absolute Gasteiger partial charge is 0.308 e. The molecule has 2 atom stereocenters. The zero-order chi connectivity index (χ0) is 23.2. The van der Waals surface area contributed by atoms with Crippen LogP contribution in [0.2, 0.25) is 5.02 Å². The molecule has 0 saturated carbocycles. The molecule has 0 bridgehead atoms. The lowest BCUT2D eigenvalue weighted by atomic mass is 9.81. The molecule has 0 amide bonds. The molecule has 1 fully saturated rings. The van der Waals surface area contributed by atoms with E-state index in [1.165, 1.54) is 10.4 Å². The first-order chi connectivity index (χ1) is 16.0. The van der Waals surface area contributed by atoms with Crippen LogP contribution in [0, 0.1) is 11.8 Å². The molecule has 176 valence electrons. The maximum atomic E-state index is 12.0. The number of piperidine rings is 1. The van der Waals surface area contributed by atoms with E-state index in [0.717, 1.165) is 73.3 Å². The lowest BCUT2D eigenvalue weighted by Gasteiger charge is -2.36. The van der Waals surface area contributed by atoms with Crippen LogP contribution in [0.4, 0.5) is 0 Å². The van der Waals surface area contributed by atoms with Gasteiger partial charge in [0.2, 0.25) is 0 Å². The average Bonchev–Trinajstić information content (AvgIpc) is 3.24. The van der Waals surface area contributed by atoms with Gasteiger partial charge in [-0.1, -0.05) is 11.6 Å². The van der Waals surface area contributed by atoms with E-state index in [9.17, 15) is 9.90 Å². The zero-order valence-corrected chi connectivity index (χ0v) is 20.6. The van der Waals surface area contributed by atoms with Gasteiger partial charge in [-0.25, -0.2) is 0 Å². The van der Waals surface area contributed by atoms with Crippen molar-refractivity contribution in [2.45, 2.75) is 38.5 Å². The standard InChI is InChI=1S/C26H31ClN2O3S/c1-32-20-7-8-24-21(16-20)18(9-12-28-24)4-2-5-19-10-14-29(17-22(19)26(30)31)13-3-6-25-23(27)11-15-33-25/h7-9,11-12,15-16,19,22H,2-6,10,13-14,17H2,1H3,(H,30,31)/t19-,22+/m1/s1. The highest BCUT2D eigenvalue weighted by atomic mass is 35.5. The molecular weight excluding hydrogens is 456 g/mol. The van der Waals surface area contributed by atoms with E-state index >= 15 is 0 Å². The molecule has 3 aromatic rings. The fourth-order valence-electron chi connectivity index (χ4n) is 4.95. The number of halogens is 1. The summed E-state index contributed by atoms with van der Waals surface area (Å²) < 4.78 is 5.38. The van der Waals surface area contributed by atoms with Crippen LogP contribution in [0.1, 0.15) is 36.1 Å². The van der Waals surface area contributed by atoms with E-state index in [4.69, 9.17) is 16.3 Å². The SMILES string of the molecule is COc1ccc2nccc(CCC[C@@H]3CCN(CCCc4sccc4Cl)C[C@@H]3C(=O)O)c2c1. The van der Waals surface area contributed by atoms with Gasteiger partial charge in [0.25, 0.3) is 0 Å². The normalized spacial score (nSPS) is 19.1. The van der Waals surface area contributed by atoms with Gasteiger partial charge in [0, 0.05) is 23.0 Å². The van der Waals surface area contributed by atoms with Gasteiger partial charge in [-0.3, -0.25) is 9.78 Å². The van der Waals surface area contributed by atoms with Gasteiger partial charge >= 0.3 is 5.97 Å². The Balaban J connectivity index is 1.30. The van der Waals surface area contributed by atoms with Crippen LogP contribution in [0.5, 0.6) is 5.75 Å². The van der Waals surface area contributed by atoms with E-state index in [2.05, 4.69) is 16.0 Å². The molecule has 1 N–H and O–H groups in total. The number of rotatable bonds is 10. The Morgan fingerprint density at radius 1 is 1.27 bits per heavy atom. The van der Waals surface area contributed by atoms with Gasteiger partial charge < -0.3 is 14.7 Å². The first-order valence-electron chi connectivity index (χ1n) is 11.6. The van der Waals surface area contributed by atoms with E-state index < -0.39 is 5.97 Å². The number of fused-ring (bicyclic) bond motifs is 1. The van der Waals surface area contributed by atoms with Crippen LogP contribution in [0.15, 0.2) is 41.9 Å². The summed E-state index contributed by atoms with van der Waals surface area (Å²) in [5, 5.41) is 13.9. The Morgan fingerprint density at radius 2 is 2.15 bits per heavy atom. The molecule has 2 aromatic heterocycles. The van der Waals surface area contributed by atoms with Crippen LogP contribution < -0.4 is 4.74 Å². The highest BCUT2D eigenvalue weighted by Crippen LogP contribution is 2.30. The van der Waals surface area contributed by atoms with Crippen molar-refractivity contribution in [3.8, 4) is 5.75 Å². The molecule has 5 nitrogen and oxygen atoms in total. The monoisotopic (exact) mass is 486 g/mol. The Hall–Kier alpha value is -2.15. The van der Waals surface area contributed by atoms with E-state index in [0.29, 0.717) is 6.54 Å². The second-order valence-electron chi connectivity index (χ2n) is 8.83. The predicted molar refractivity (Wildman–Crippen MR) is 135 cm³/mol. The third kappa shape index (κ3) is 6.05. The van der Waals surface area contributed by atoms with Crippen LogP contribution in [0.25, 0.3) is 10.9 Å². The van der Waals surface area contributed by atoms with Crippen LogP contribution in [-0.2, 0) is 17.6 Å². The van der Waals surface area contributed by atoms with Gasteiger partial charge in [0.05, 0.1) is 23.6 Å². The van der Waals surface area contributed by atoms with E-state index in [-0.39, 0.29) is 11.8 Å². The molecule has 1 aliphatic heterocycles. The summed E-state index contributed by atoms with van der Waals surface area (Å²) in [4.78, 5) is 20.0. The summed E-state index contributed by atoms with van der Waals surface area (Å²) in [6.07, 6.45) is 7.59. The molecule has 3 heterocycles. The fraction of sp³-hybridized carbons (Fsp3) is 0.462. The van der Waals surface area contributed by atoms with Crippen molar-refractivity contribution in [3.05, 3.63) is 57.4 Å². The minimum atomic E-state index is -0.662. The first-order valence-corrected chi connectivity index (χ1v) is 12.9. The second kappa shape index (κ2) is 11.3. The molecule has 0 unspecified atom stereocenters. The average molecular weight is 487 g/mol. The summed E-state index contributed by atoms with van der Waals surface area (Å²) in [6, 6.07) is 9.97. The third-order valence-corrected chi connectivity index (χ3v) is 8.23. The number of pyridine rings is 1. The van der Waals surface area contributed by atoms with Crippen LogP contribution in [0.3, 0.4) is 0 Å². The molecule has 4 rings (SSSR count). The summed E-state index contributed by atoms with van der Waals surface area (Å²) in [5.74, 6) is 0.105. The van der Waals surface area contributed by atoms with E-state index in [1.54, 1.807) is 18.4 Å². The highest BCUT2D eigenvalue weighted by Gasteiger charge is 2.33. The van der Waals surface area contributed by atoms with Crippen molar-refractivity contribution in [3.63, 3.8) is 0 Å². The summed E-state index contributed by atoms with van der Waals surface area (Å²) >= 11 is 7.89. The van der Waals surface area contributed by atoms with Gasteiger partial charge in [0.15, 0.2) is 0 Å². The largest absolute Gasteiger partial charge is 0.497 e. The highest BCUT2D eigenvalue weighted by molar-refractivity contribution is 7.10. The lowest BCUT2D eigenvalue weighted by molar-refractivity contribution is -0.146. The number of methoxy groups -OCH3 is 1. The molecule has 1 saturated heterocycles. The van der Waals surface area contributed by atoms with Gasteiger partial charge in [-0.2, -0.15) is 0 Å². The summed E-state index contributed by atoms with van der Waals surface area (Å²) in [6.45, 7) is 2.55. The number of carboxylic acid groups (broad SMARTS) is 1. The van der Waals surface area contributed by atoms with Crippen LogP contribution >= 0.6 is 22.9 Å². The molecule has 0 radical (unpaired) electrons. The number of carboxylic acids is 1. The van der Waals surface area contributed by atoms with Crippen molar-refractivity contribution >= 4 is 39.8 Å². The number of carbonyl (C=O) groups is 1. The zero-order valence-electron chi connectivity index (χ0n) is 19.0.